The average molecular weight is 517 g/mol. The first-order valence-corrected chi connectivity index (χ1v) is 12.0. The minimum atomic E-state index is -3.02. The van der Waals surface area contributed by atoms with Crippen LogP contribution in [0.3, 0.4) is 0 Å². The van der Waals surface area contributed by atoms with E-state index in [1.807, 2.05) is 7.05 Å². The number of nitrogens with zero attached hydrogens (tertiary/aromatic N) is 2. The molecule has 1 spiro atoms. The molecule has 2 aliphatic carbocycles. The average Bonchev–Trinajstić information content (AvgIpc) is 3.09. The zero-order valence-corrected chi connectivity index (χ0v) is 19.8. The van der Waals surface area contributed by atoms with Crippen LogP contribution in [-0.2, 0) is 16.3 Å². The maximum Gasteiger partial charge on any atom is 0.193 e. The molecule has 1 aliphatic heterocycles. The Balaban J connectivity index is 0.00000225. The number of fused-ring (bicyclic) bond motifs is 1. The van der Waals surface area contributed by atoms with Crippen LogP contribution in [0.25, 0.3) is 0 Å². The highest BCUT2D eigenvalue weighted by molar-refractivity contribution is 14.0. The second-order valence-electron chi connectivity index (χ2n) is 8.35. The second-order valence-corrected chi connectivity index (χ2v) is 10.9. The molecule has 1 N–H and O–H groups in total. The number of halogens is 1. The minimum Gasteiger partial charge on any atom is -0.356 e. The van der Waals surface area contributed by atoms with Crippen molar-refractivity contribution in [2.75, 3.05) is 32.4 Å². The maximum atomic E-state index is 12.8. The standard InChI is InChI=1S/C21H31N3O2S.HI/c1-22-20(23-15-18-10-9-17-7-3-4-8-19(17)18)24-13-14-27(25,26)21(16-24)11-5-2-6-12-21;/h3-4,7-8,18H,2,5-6,9-16H2,1H3,(H,22,23);1H. The van der Waals surface area contributed by atoms with Crippen molar-refractivity contribution in [1.82, 2.24) is 10.2 Å². The molecule has 1 atom stereocenters. The van der Waals surface area contributed by atoms with Crippen molar-refractivity contribution in [2.45, 2.75) is 55.6 Å². The maximum absolute atomic E-state index is 12.8. The Bertz CT molecular complexity index is 819. The highest BCUT2D eigenvalue weighted by Crippen LogP contribution is 2.39. The van der Waals surface area contributed by atoms with Crippen molar-refractivity contribution in [3.63, 3.8) is 0 Å². The van der Waals surface area contributed by atoms with Crippen LogP contribution >= 0.6 is 24.0 Å². The first-order valence-electron chi connectivity index (χ1n) is 10.3. The molecule has 4 rings (SSSR count). The zero-order valence-electron chi connectivity index (χ0n) is 16.7. The molecule has 0 amide bonds. The summed E-state index contributed by atoms with van der Waals surface area (Å²) in [7, 11) is -1.21. The molecule has 1 aromatic carbocycles. The van der Waals surface area contributed by atoms with Crippen LogP contribution in [0.2, 0.25) is 0 Å². The van der Waals surface area contributed by atoms with Crippen LogP contribution in [0, 0.1) is 0 Å². The van der Waals surface area contributed by atoms with E-state index >= 15 is 0 Å². The molecule has 28 heavy (non-hydrogen) atoms. The molecule has 7 heteroatoms. The van der Waals surface area contributed by atoms with Gasteiger partial charge in [0.1, 0.15) is 0 Å². The van der Waals surface area contributed by atoms with E-state index in [0.717, 1.165) is 51.0 Å². The van der Waals surface area contributed by atoms with E-state index in [2.05, 4.69) is 39.5 Å². The van der Waals surface area contributed by atoms with Gasteiger partial charge in [-0.25, -0.2) is 8.42 Å². The van der Waals surface area contributed by atoms with Crippen molar-refractivity contribution in [3.05, 3.63) is 35.4 Å². The Morgan fingerprint density at radius 1 is 1.25 bits per heavy atom. The summed E-state index contributed by atoms with van der Waals surface area (Å²) in [6.07, 6.45) is 7.13. The molecule has 1 saturated heterocycles. The summed E-state index contributed by atoms with van der Waals surface area (Å²) in [5.41, 5.74) is 2.91. The van der Waals surface area contributed by atoms with Gasteiger partial charge in [-0.1, -0.05) is 43.5 Å². The summed E-state index contributed by atoms with van der Waals surface area (Å²) >= 11 is 0. The molecule has 5 nitrogen and oxygen atoms in total. The van der Waals surface area contributed by atoms with Gasteiger partial charge in [-0.05, 0) is 36.8 Å². The van der Waals surface area contributed by atoms with Gasteiger partial charge >= 0.3 is 0 Å². The predicted molar refractivity (Wildman–Crippen MR) is 125 cm³/mol. The summed E-state index contributed by atoms with van der Waals surface area (Å²) in [4.78, 5) is 6.68. The summed E-state index contributed by atoms with van der Waals surface area (Å²) in [6.45, 7) is 2.00. The van der Waals surface area contributed by atoms with Gasteiger partial charge in [0.25, 0.3) is 0 Å². The van der Waals surface area contributed by atoms with Gasteiger partial charge in [-0.3, -0.25) is 4.99 Å². The van der Waals surface area contributed by atoms with Crippen LogP contribution in [0.5, 0.6) is 0 Å². The van der Waals surface area contributed by atoms with Gasteiger partial charge in [-0.2, -0.15) is 0 Å². The van der Waals surface area contributed by atoms with Crippen molar-refractivity contribution < 1.29 is 8.42 Å². The Morgan fingerprint density at radius 2 is 2.00 bits per heavy atom. The van der Waals surface area contributed by atoms with Crippen LogP contribution in [0.4, 0.5) is 0 Å². The van der Waals surface area contributed by atoms with Gasteiger partial charge in [-0.15, -0.1) is 24.0 Å². The van der Waals surface area contributed by atoms with Gasteiger partial charge in [0, 0.05) is 32.6 Å². The number of hydrogen-bond acceptors (Lipinski definition) is 3. The Morgan fingerprint density at radius 3 is 2.75 bits per heavy atom. The fourth-order valence-corrected chi connectivity index (χ4v) is 7.38. The molecular weight excluding hydrogens is 485 g/mol. The van der Waals surface area contributed by atoms with Crippen molar-refractivity contribution in [2.24, 2.45) is 4.99 Å². The highest BCUT2D eigenvalue weighted by atomic mass is 127. The molecule has 1 heterocycles. The van der Waals surface area contributed by atoms with Gasteiger partial charge < -0.3 is 10.2 Å². The Kier molecular flexibility index (Phi) is 6.95. The zero-order chi connectivity index (χ0) is 18.9. The molecule has 0 bridgehead atoms. The van der Waals surface area contributed by atoms with Gasteiger partial charge in [0.2, 0.25) is 0 Å². The number of hydrogen-bond donors (Lipinski definition) is 1. The van der Waals surface area contributed by atoms with E-state index < -0.39 is 14.6 Å². The minimum absolute atomic E-state index is 0. The summed E-state index contributed by atoms with van der Waals surface area (Å²) in [5.74, 6) is 1.62. The monoisotopic (exact) mass is 517 g/mol. The summed E-state index contributed by atoms with van der Waals surface area (Å²) in [5, 5.41) is 3.55. The van der Waals surface area contributed by atoms with Crippen molar-refractivity contribution in [1.29, 1.82) is 0 Å². The third kappa shape index (κ3) is 4.06. The first kappa shape index (κ1) is 21.9. The number of aliphatic imine (C=N–C) groups is 1. The van der Waals surface area contributed by atoms with Crippen LogP contribution < -0.4 is 5.32 Å². The number of sulfone groups is 1. The molecule has 0 aromatic heterocycles. The third-order valence-electron chi connectivity index (χ3n) is 6.81. The lowest BCUT2D eigenvalue weighted by molar-refractivity contribution is 0.273. The van der Waals surface area contributed by atoms with E-state index in [4.69, 9.17) is 0 Å². The molecule has 156 valence electrons. The van der Waals surface area contributed by atoms with Crippen molar-refractivity contribution in [3.8, 4) is 0 Å². The smallest absolute Gasteiger partial charge is 0.193 e. The number of aryl methyl sites for hydroxylation is 1. The predicted octanol–water partition coefficient (Wildman–Crippen LogP) is 3.34. The molecule has 1 aromatic rings. The fraction of sp³-hybridized carbons (Fsp3) is 0.667. The lowest BCUT2D eigenvalue weighted by Gasteiger charge is -2.45. The normalized spacial score (nSPS) is 25.8. The third-order valence-corrected chi connectivity index (χ3v) is 9.39. The summed E-state index contributed by atoms with van der Waals surface area (Å²) in [6, 6.07) is 8.70. The van der Waals surface area contributed by atoms with Crippen LogP contribution in [-0.4, -0.2) is 56.5 Å². The van der Waals surface area contributed by atoms with Crippen molar-refractivity contribution >= 4 is 39.8 Å². The number of rotatable bonds is 2. The molecule has 1 unspecified atom stereocenters. The number of benzene rings is 1. The second kappa shape index (κ2) is 8.90. The van der Waals surface area contributed by atoms with E-state index in [0.29, 0.717) is 19.0 Å². The molecule has 0 radical (unpaired) electrons. The van der Waals surface area contributed by atoms with Gasteiger partial charge in [0.15, 0.2) is 15.8 Å². The largest absolute Gasteiger partial charge is 0.356 e. The highest BCUT2D eigenvalue weighted by Gasteiger charge is 2.48. The topological polar surface area (TPSA) is 61.8 Å². The Hall–Kier alpha value is -0.830. The quantitative estimate of drug-likeness (QED) is 0.372. The molecule has 1 saturated carbocycles. The van der Waals surface area contributed by atoms with Crippen LogP contribution in [0.1, 0.15) is 55.6 Å². The molecule has 3 aliphatic rings. The SMILES string of the molecule is CN=C(NCC1CCc2ccccc21)N1CCS(=O)(=O)C2(CCCCC2)C1.I. The lowest BCUT2D eigenvalue weighted by atomic mass is 9.87. The van der Waals surface area contributed by atoms with Gasteiger partial charge in [0.05, 0.1) is 10.5 Å². The number of guanidine groups is 1. The van der Waals surface area contributed by atoms with E-state index in [1.54, 1.807) is 0 Å². The molecule has 2 fully saturated rings. The summed E-state index contributed by atoms with van der Waals surface area (Å²) < 4.78 is 25.1. The van der Waals surface area contributed by atoms with Crippen LogP contribution in [0.15, 0.2) is 29.3 Å². The number of nitrogens with one attached hydrogen (secondary N) is 1. The van der Waals surface area contributed by atoms with E-state index in [1.165, 1.54) is 17.5 Å². The lowest BCUT2D eigenvalue weighted by Crippen LogP contribution is -2.60. The first-order chi connectivity index (χ1) is 13.0. The Labute approximate surface area is 186 Å². The van der Waals surface area contributed by atoms with E-state index in [9.17, 15) is 8.42 Å². The van der Waals surface area contributed by atoms with E-state index in [-0.39, 0.29) is 29.7 Å². The fourth-order valence-electron chi connectivity index (χ4n) is 5.22. The molecular formula is C21H32IN3O2S.